The molecule has 2 aliphatic heterocycles. The van der Waals surface area contributed by atoms with Crippen LogP contribution < -0.4 is 0 Å². The average Bonchev–Trinajstić information content (AvgIpc) is 3.22. The van der Waals surface area contributed by atoms with Crippen LogP contribution in [0.5, 0.6) is 0 Å². The van der Waals surface area contributed by atoms with Gasteiger partial charge in [-0.1, -0.05) is 30.3 Å². The number of carbonyl (C=O) groups excluding carboxylic acids is 2. The van der Waals surface area contributed by atoms with Crippen LogP contribution >= 0.6 is 0 Å². The zero-order chi connectivity index (χ0) is 19.9. The fraction of sp³-hybridized carbons (Fsp3) is 0.333. The van der Waals surface area contributed by atoms with Gasteiger partial charge in [-0.2, -0.15) is 0 Å². The number of amides is 2. The number of nitrogens with zero attached hydrogens (tertiary/aromatic N) is 2. The van der Waals surface area contributed by atoms with E-state index in [1.807, 2.05) is 35.2 Å². The molecule has 0 radical (unpaired) electrons. The Morgan fingerprint density at radius 1 is 1.14 bits per heavy atom. The zero-order valence-corrected chi connectivity index (χ0v) is 16.5. The van der Waals surface area contributed by atoms with Crippen LogP contribution in [0.4, 0.5) is 0 Å². The Labute approximate surface area is 164 Å². The van der Waals surface area contributed by atoms with Gasteiger partial charge < -0.3 is 4.90 Å². The van der Waals surface area contributed by atoms with Gasteiger partial charge in [0.15, 0.2) is 0 Å². The summed E-state index contributed by atoms with van der Waals surface area (Å²) in [6.45, 7) is 2.34. The minimum atomic E-state index is -3.87. The molecule has 6 nitrogen and oxygen atoms in total. The maximum absolute atomic E-state index is 13.1. The highest BCUT2D eigenvalue weighted by Crippen LogP contribution is 2.32. The van der Waals surface area contributed by atoms with E-state index in [1.165, 1.54) is 17.7 Å². The van der Waals surface area contributed by atoms with Crippen molar-refractivity contribution in [2.75, 3.05) is 13.1 Å². The first-order valence-corrected chi connectivity index (χ1v) is 10.9. The van der Waals surface area contributed by atoms with Gasteiger partial charge in [0.1, 0.15) is 4.90 Å². The van der Waals surface area contributed by atoms with E-state index in [0.717, 1.165) is 23.6 Å². The third kappa shape index (κ3) is 2.99. The van der Waals surface area contributed by atoms with Gasteiger partial charge in [0.25, 0.3) is 21.8 Å². The highest BCUT2D eigenvalue weighted by Gasteiger charge is 2.41. The Kier molecular flexibility index (Phi) is 4.71. The second kappa shape index (κ2) is 7.05. The van der Waals surface area contributed by atoms with E-state index in [2.05, 4.69) is 0 Å². The Hall–Kier alpha value is -2.67. The Morgan fingerprint density at radius 2 is 1.89 bits per heavy atom. The number of hydrogen-bond acceptors (Lipinski definition) is 4. The van der Waals surface area contributed by atoms with Crippen molar-refractivity contribution in [2.24, 2.45) is 0 Å². The molecule has 2 aromatic rings. The SMILES string of the molecule is CCN1C(=O)c2ccc(C(=O)N3CCCC3Cc3ccccc3)cc2S1(=O)=O. The lowest BCUT2D eigenvalue weighted by Crippen LogP contribution is -2.36. The molecule has 0 spiro atoms. The summed E-state index contributed by atoms with van der Waals surface area (Å²) in [4.78, 5) is 27.2. The summed E-state index contributed by atoms with van der Waals surface area (Å²) < 4.78 is 26.1. The lowest BCUT2D eigenvalue weighted by Gasteiger charge is -2.25. The van der Waals surface area contributed by atoms with Crippen LogP contribution in [0.3, 0.4) is 0 Å². The number of rotatable bonds is 4. The van der Waals surface area contributed by atoms with Gasteiger partial charge in [-0.05, 0) is 49.9 Å². The molecule has 1 saturated heterocycles. The van der Waals surface area contributed by atoms with Gasteiger partial charge in [0.2, 0.25) is 0 Å². The molecule has 1 atom stereocenters. The van der Waals surface area contributed by atoms with Crippen LogP contribution in [-0.2, 0) is 16.4 Å². The van der Waals surface area contributed by atoms with Crippen molar-refractivity contribution < 1.29 is 18.0 Å². The molecular weight excluding hydrogens is 376 g/mol. The first-order chi connectivity index (χ1) is 13.4. The summed E-state index contributed by atoms with van der Waals surface area (Å²) >= 11 is 0. The fourth-order valence-corrected chi connectivity index (χ4v) is 5.69. The van der Waals surface area contributed by atoms with Crippen molar-refractivity contribution >= 4 is 21.8 Å². The molecule has 2 heterocycles. The molecular formula is C21H22N2O4S. The molecule has 4 rings (SSSR count). The molecule has 146 valence electrons. The third-order valence-electron chi connectivity index (χ3n) is 5.49. The second-order valence-corrected chi connectivity index (χ2v) is 9.00. The summed E-state index contributed by atoms with van der Waals surface area (Å²) in [7, 11) is -3.87. The molecule has 2 aromatic carbocycles. The summed E-state index contributed by atoms with van der Waals surface area (Å²) in [5.41, 5.74) is 1.63. The van der Waals surface area contributed by atoms with Gasteiger partial charge in [-0.15, -0.1) is 0 Å². The Bertz CT molecular complexity index is 1030. The van der Waals surface area contributed by atoms with Crippen molar-refractivity contribution in [1.82, 2.24) is 9.21 Å². The molecule has 0 bridgehead atoms. The van der Waals surface area contributed by atoms with E-state index >= 15 is 0 Å². The predicted molar refractivity (Wildman–Crippen MR) is 105 cm³/mol. The van der Waals surface area contributed by atoms with Crippen molar-refractivity contribution in [3.05, 3.63) is 65.2 Å². The quantitative estimate of drug-likeness (QED) is 0.794. The van der Waals surface area contributed by atoms with Crippen LogP contribution in [0.1, 0.15) is 46.0 Å². The molecule has 2 amide bonds. The highest BCUT2D eigenvalue weighted by atomic mass is 32.2. The standard InChI is InChI=1S/C21H22N2O4S/c1-2-23-21(25)18-11-10-16(14-19(18)28(23,26)27)20(24)22-12-6-9-17(22)13-15-7-4-3-5-8-15/h3-5,7-8,10-11,14,17H,2,6,9,12-13H2,1H3. The van der Waals surface area contributed by atoms with Crippen molar-refractivity contribution in [3.8, 4) is 0 Å². The van der Waals surface area contributed by atoms with Crippen molar-refractivity contribution in [2.45, 2.75) is 37.1 Å². The molecule has 0 N–H and O–H groups in total. The summed E-state index contributed by atoms with van der Waals surface area (Å²) in [6, 6.07) is 14.5. The summed E-state index contributed by atoms with van der Waals surface area (Å²) in [6.07, 6.45) is 2.62. The maximum Gasteiger partial charge on any atom is 0.268 e. The normalized spacial score (nSPS) is 20.5. The lowest BCUT2D eigenvalue weighted by molar-refractivity contribution is 0.0735. The average molecular weight is 398 g/mol. The van der Waals surface area contributed by atoms with E-state index in [9.17, 15) is 18.0 Å². The molecule has 28 heavy (non-hydrogen) atoms. The van der Waals surface area contributed by atoms with Crippen LogP contribution in [-0.4, -0.2) is 48.6 Å². The third-order valence-corrected chi connectivity index (χ3v) is 7.39. The lowest BCUT2D eigenvalue weighted by atomic mass is 10.0. The summed E-state index contributed by atoms with van der Waals surface area (Å²) in [5, 5.41) is 0. The van der Waals surface area contributed by atoms with Gasteiger partial charge >= 0.3 is 0 Å². The molecule has 1 fully saturated rings. The van der Waals surface area contributed by atoms with Crippen molar-refractivity contribution in [1.29, 1.82) is 0 Å². The Balaban J connectivity index is 1.62. The van der Waals surface area contributed by atoms with Gasteiger partial charge in [-0.25, -0.2) is 12.7 Å². The number of likely N-dealkylation sites (tertiary alicyclic amines) is 1. The second-order valence-electron chi connectivity index (χ2n) is 7.17. The highest BCUT2D eigenvalue weighted by molar-refractivity contribution is 7.90. The molecule has 0 aromatic heterocycles. The minimum Gasteiger partial charge on any atom is -0.335 e. The van der Waals surface area contributed by atoms with Crippen LogP contribution in [0.2, 0.25) is 0 Å². The minimum absolute atomic E-state index is 0.0657. The zero-order valence-electron chi connectivity index (χ0n) is 15.7. The first-order valence-electron chi connectivity index (χ1n) is 9.49. The number of hydrogen-bond donors (Lipinski definition) is 0. The maximum atomic E-state index is 13.1. The van der Waals surface area contributed by atoms with Crippen LogP contribution in [0.15, 0.2) is 53.4 Å². The topological polar surface area (TPSA) is 74.8 Å². The van der Waals surface area contributed by atoms with Crippen LogP contribution in [0, 0.1) is 0 Å². The van der Waals surface area contributed by atoms with E-state index < -0.39 is 15.9 Å². The molecule has 1 unspecified atom stereocenters. The predicted octanol–water partition coefficient (Wildman–Crippen LogP) is 2.70. The van der Waals surface area contributed by atoms with Gasteiger partial charge in [-0.3, -0.25) is 9.59 Å². The van der Waals surface area contributed by atoms with E-state index in [-0.39, 0.29) is 29.0 Å². The van der Waals surface area contributed by atoms with Crippen LogP contribution in [0.25, 0.3) is 0 Å². The molecule has 7 heteroatoms. The monoisotopic (exact) mass is 398 g/mol. The largest absolute Gasteiger partial charge is 0.335 e. The van der Waals surface area contributed by atoms with E-state index in [1.54, 1.807) is 13.0 Å². The number of fused-ring (bicyclic) bond motifs is 1. The smallest absolute Gasteiger partial charge is 0.268 e. The van der Waals surface area contributed by atoms with Gasteiger partial charge in [0, 0.05) is 24.7 Å². The summed E-state index contributed by atoms with van der Waals surface area (Å²) in [5.74, 6) is -0.710. The van der Waals surface area contributed by atoms with E-state index in [0.29, 0.717) is 12.1 Å². The number of benzene rings is 2. The first kappa shape index (κ1) is 18.7. The molecule has 2 aliphatic rings. The molecule has 0 aliphatic carbocycles. The number of carbonyl (C=O) groups is 2. The molecule has 0 saturated carbocycles. The van der Waals surface area contributed by atoms with Crippen molar-refractivity contribution in [3.63, 3.8) is 0 Å². The van der Waals surface area contributed by atoms with E-state index in [4.69, 9.17) is 0 Å². The fourth-order valence-electron chi connectivity index (χ4n) is 4.09. The number of sulfonamides is 1. The Morgan fingerprint density at radius 3 is 2.61 bits per heavy atom. The van der Waals surface area contributed by atoms with Gasteiger partial charge in [0.05, 0.1) is 5.56 Å².